The second-order valence-corrected chi connectivity index (χ2v) is 19.6. The van der Waals surface area contributed by atoms with E-state index in [2.05, 4.69) is 233 Å². The van der Waals surface area contributed by atoms with Crippen LogP contribution in [-0.4, -0.2) is 0 Å². The molecule has 0 radical (unpaired) electrons. The molecule has 0 saturated heterocycles. The molecule has 0 amide bonds. The predicted molar refractivity (Wildman–Crippen MR) is 269 cm³/mol. The van der Waals surface area contributed by atoms with Crippen LogP contribution in [0.3, 0.4) is 0 Å². The predicted octanol–water partition coefficient (Wildman–Crippen LogP) is 16.5. The number of nitrogens with zero attached hydrogens (tertiary/aromatic N) is 1. The van der Waals surface area contributed by atoms with Crippen LogP contribution < -0.4 is 9.64 Å². The molecule has 1 heterocycles. The summed E-state index contributed by atoms with van der Waals surface area (Å²) in [7, 11) is 0. The van der Waals surface area contributed by atoms with E-state index >= 15 is 0 Å². The number of rotatable bonds is 3. The Morgan fingerprint density at radius 1 is 0.308 bits per heavy atom. The lowest BCUT2D eigenvalue weighted by Gasteiger charge is -2.40. The lowest BCUT2D eigenvalue weighted by molar-refractivity contribution is 0.447. The zero-order valence-corrected chi connectivity index (χ0v) is 36.9. The van der Waals surface area contributed by atoms with Gasteiger partial charge in [0.2, 0.25) is 0 Å². The summed E-state index contributed by atoms with van der Waals surface area (Å²) in [5.41, 5.74) is 20.8. The van der Waals surface area contributed by atoms with Crippen LogP contribution in [0.1, 0.15) is 72.2 Å². The summed E-state index contributed by atoms with van der Waals surface area (Å²) in [5, 5.41) is 4.59. The van der Waals surface area contributed by atoms with Crippen LogP contribution in [0.25, 0.3) is 54.9 Å². The zero-order valence-electron chi connectivity index (χ0n) is 36.9. The minimum atomic E-state index is -0.613. The quantitative estimate of drug-likeness (QED) is 0.176. The van der Waals surface area contributed by atoms with Gasteiger partial charge in [-0.1, -0.05) is 191 Å². The van der Waals surface area contributed by atoms with Gasteiger partial charge in [-0.25, -0.2) is 0 Å². The van der Waals surface area contributed by atoms with Gasteiger partial charge < -0.3 is 9.64 Å². The minimum Gasteiger partial charge on any atom is -0.455 e. The Bertz CT molecular complexity index is 3530. The summed E-state index contributed by atoms with van der Waals surface area (Å²) in [5.74, 6) is 1.87. The lowest BCUT2D eigenvalue weighted by atomic mass is 9.65. The van der Waals surface area contributed by atoms with Gasteiger partial charge in [0.15, 0.2) is 0 Å². The van der Waals surface area contributed by atoms with Gasteiger partial charge in [-0.05, 0) is 114 Å². The molecule has 0 saturated carbocycles. The van der Waals surface area contributed by atoms with Crippen LogP contribution in [0.15, 0.2) is 200 Å². The maximum Gasteiger partial charge on any atom is 0.140 e. The van der Waals surface area contributed by atoms with Crippen molar-refractivity contribution in [2.24, 2.45) is 0 Å². The number of anilines is 3. The normalized spacial score (nSPS) is 15.6. The second kappa shape index (κ2) is 12.7. The SMILES string of the molecule is CC1(C)c2ccccc2-c2cc(N(c3ccc4c(c3)-c3ccccc3C4(C)C)c3ccc4c(c3)-c3ccccc3C43c4ccc5ccccc5c4Oc4c3ccc3ccccc43)ccc21. The number of benzene rings is 10. The average molecular weight is 832 g/mol. The maximum atomic E-state index is 7.24. The van der Waals surface area contributed by atoms with Gasteiger partial charge in [-0.2, -0.15) is 0 Å². The molecule has 3 aliphatic carbocycles. The fourth-order valence-corrected chi connectivity index (χ4v) is 12.7. The van der Waals surface area contributed by atoms with Crippen molar-refractivity contribution >= 4 is 38.6 Å². The molecular weight excluding hydrogens is 787 g/mol. The first kappa shape index (κ1) is 36.8. The van der Waals surface area contributed by atoms with Crippen molar-refractivity contribution in [3.8, 4) is 44.9 Å². The second-order valence-electron chi connectivity index (χ2n) is 19.6. The number of fused-ring (bicyclic) bond motifs is 19. The molecule has 1 aliphatic heterocycles. The number of hydrogen-bond acceptors (Lipinski definition) is 2. The molecule has 2 nitrogen and oxygen atoms in total. The first-order valence-electron chi connectivity index (χ1n) is 23.0. The topological polar surface area (TPSA) is 12.5 Å². The van der Waals surface area contributed by atoms with Crippen LogP contribution in [0, 0.1) is 0 Å². The van der Waals surface area contributed by atoms with E-state index in [4.69, 9.17) is 4.74 Å². The maximum absolute atomic E-state index is 7.24. The molecule has 14 rings (SSSR count). The van der Waals surface area contributed by atoms with Gasteiger partial charge in [-0.15, -0.1) is 0 Å². The van der Waals surface area contributed by atoms with Gasteiger partial charge in [0, 0.05) is 49.8 Å². The van der Waals surface area contributed by atoms with Crippen molar-refractivity contribution in [1.82, 2.24) is 0 Å². The first-order valence-corrected chi connectivity index (χ1v) is 23.0. The third-order valence-corrected chi connectivity index (χ3v) is 15.7. The first-order chi connectivity index (χ1) is 31.7. The molecule has 308 valence electrons. The lowest BCUT2D eigenvalue weighted by Crippen LogP contribution is -2.32. The Kier molecular flexibility index (Phi) is 7.21. The average Bonchev–Trinajstić information content (AvgIpc) is 3.86. The van der Waals surface area contributed by atoms with Crippen molar-refractivity contribution < 1.29 is 4.74 Å². The van der Waals surface area contributed by atoms with Crippen molar-refractivity contribution in [2.75, 3.05) is 4.90 Å². The minimum absolute atomic E-state index is 0.0866. The third-order valence-electron chi connectivity index (χ3n) is 15.7. The smallest absolute Gasteiger partial charge is 0.140 e. The Hall–Kier alpha value is -7.68. The fourth-order valence-electron chi connectivity index (χ4n) is 12.7. The standard InChI is InChI=1S/C63H45NO/c1-61(2)51-22-12-9-19-45(51)48-35-40(27-32-53(48)61)64(41-28-33-54-49(36-41)46-20-10-13-23-52(46)62(54,3)4)42-29-34-56-50(37-42)47-21-11-14-24-55(47)63(56)57-30-25-38-15-5-7-17-43(38)59(57)65-60-44-18-8-6-16-39(44)26-31-58(60)63/h5-37H,1-4H3. The molecule has 0 aromatic heterocycles. The largest absolute Gasteiger partial charge is 0.455 e. The molecule has 65 heavy (non-hydrogen) atoms. The van der Waals surface area contributed by atoms with Crippen LogP contribution >= 0.6 is 0 Å². The Morgan fingerprint density at radius 3 is 1.14 bits per heavy atom. The van der Waals surface area contributed by atoms with E-state index in [-0.39, 0.29) is 10.8 Å². The van der Waals surface area contributed by atoms with Crippen molar-refractivity contribution in [3.05, 3.63) is 245 Å². The molecule has 2 heteroatoms. The molecule has 4 aliphatic rings. The zero-order chi connectivity index (χ0) is 43.4. The summed E-state index contributed by atoms with van der Waals surface area (Å²) in [6.45, 7) is 9.45. The molecular formula is C63H45NO. The van der Waals surface area contributed by atoms with Crippen LogP contribution in [0.5, 0.6) is 11.5 Å². The molecule has 10 aromatic rings. The summed E-state index contributed by atoms with van der Waals surface area (Å²) in [6, 6.07) is 75.2. The van der Waals surface area contributed by atoms with Crippen molar-refractivity contribution in [1.29, 1.82) is 0 Å². The monoisotopic (exact) mass is 831 g/mol. The highest BCUT2D eigenvalue weighted by Gasteiger charge is 2.52. The van der Waals surface area contributed by atoms with Crippen LogP contribution in [0.4, 0.5) is 17.1 Å². The van der Waals surface area contributed by atoms with E-state index in [0.29, 0.717) is 0 Å². The van der Waals surface area contributed by atoms with E-state index in [1.54, 1.807) is 0 Å². The number of ether oxygens (including phenoxy) is 1. The van der Waals surface area contributed by atoms with E-state index in [1.165, 1.54) is 88.7 Å². The Morgan fingerprint density at radius 2 is 0.646 bits per heavy atom. The van der Waals surface area contributed by atoms with Gasteiger partial charge in [0.25, 0.3) is 0 Å². The molecule has 0 bridgehead atoms. The van der Waals surface area contributed by atoms with E-state index in [0.717, 1.165) is 39.3 Å². The van der Waals surface area contributed by atoms with Gasteiger partial charge >= 0.3 is 0 Å². The van der Waals surface area contributed by atoms with Gasteiger partial charge in [-0.3, -0.25) is 0 Å². The molecule has 1 spiro atoms. The highest BCUT2D eigenvalue weighted by atomic mass is 16.5. The Labute approximate surface area is 380 Å². The van der Waals surface area contributed by atoms with Crippen LogP contribution in [-0.2, 0) is 16.2 Å². The van der Waals surface area contributed by atoms with E-state index < -0.39 is 5.41 Å². The van der Waals surface area contributed by atoms with Gasteiger partial charge in [0.05, 0.1) is 5.41 Å². The summed E-state index contributed by atoms with van der Waals surface area (Å²) >= 11 is 0. The van der Waals surface area contributed by atoms with Crippen LogP contribution in [0.2, 0.25) is 0 Å². The van der Waals surface area contributed by atoms with E-state index in [9.17, 15) is 0 Å². The van der Waals surface area contributed by atoms with E-state index in [1.807, 2.05) is 0 Å². The summed E-state index contributed by atoms with van der Waals surface area (Å²) in [4.78, 5) is 2.50. The third kappa shape index (κ3) is 4.69. The summed E-state index contributed by atoms with van der Waals surface area (Å²) < 4.78 is 7.24. The fraction of sp³-hybridized carbons (Fsp3) is 0.111. The molecule has 0 unspecified atom stereocenters. The van der Waals surface area contributed by atoms with Crippen molar-refractivity contribution in [3.63, 3.8) is 0 Å². The molecule has 10 aromatic carbocycles. The molecule has 0 N–H and O–H groups in total. The highest BCUT2D eigenvalue weighted by Crippen LogP contribution is 2.65. The summed E-state index contributed by atoms with van der Waals surface area (Å²) in [6.07, 6.45) is 0. The Balaban J connectivity index is 1.04. The highest BCUT2D eigenvalue weighted by molar-refractivity contribution is 6.01. The number of hydrogen-bond donors (Lipinski definition) is 0. The molecule has 0 atom stereocenters. The van der Waals surface area contributed by atoms with Crippen molar-refractivity contribution in [2.45, 2.75) is 43.9 Å². The van der Waals surface area contributed by atoms with Gasteiger partial charge in [0.1, 0.15) is 11.5 Å². The molecule has 0 fully saturated rings.